The highest BCUT2D eigenvalue weighted by molar-refractivity contribution is 6.46. The zero-order chi connectivity index (χ0) is 21.3. The molecule has 1 atom stereocenters. The van der Waals surface area contributed by atoms with Gasteiger partial charge < -0.3 is 19.2 Å². The Labute approximate surface area is 177 Å². The molecule has 1 N–H and O–H groups in total. The number of amides is 1. The minimum atomic E-state index is -0.806. The molecule has 152 valence electrons. The molecule has 8 heteroatoms. The number of carbonyl (C=O) groups excluding carboxylic acids is 2. The molecule has 1 unspecified atom stereocenters. The molecule has 0 aliphatic carbocycles. The summed E-state index contributed by atoms with van der Waals surface area (Å²) < 4.78 is 10.6. The Morgan fingerprint density at radius 2 is 2.00 bits per heavy atom. The summed E-state index contributed by atoms with van der Waals surface area (Å²) in [5, 5.41) is 11.4. The van der Waals surface area contributed by atoms with Gasteiger partial charge in [0.15, 0.2) is 0 Å². The molecule has 2 aromatic heterocycles. The second kappa shape index (κ2) is 8.04. The molecule has 3 aromatic rings. The predicted octanol–water partition coefficient (Wildman–Crippen LogP) is 3.96. The zero-order valence-electron chi connectivity index (χ0n) is 15.9. The highest BCUT2D eigenvalue weighted by Gasteiger charge is 2.46. The third kappa shape index (κ3) is 3.44. The molecule has 1 fully saturated rings. The van der Waals surface area contributed by atoms with Crippen molar-refractivity contribution in [3.63, 3.8) is 0 Å². The van der Waals surface area contributed by atoms with Gasteiger partial charge in [-0.25, -0.2) is 0 Å². The number of likely N-dealkylation sites (tertiary alicyclic amines) is 1. The van der Waals surface area contributed by atoms with E-state index in [0.29, 0.717) is 27.7 Å². The lowest BCUT2D eigenvalue weighted by Gasteiger charge is -2.24. The first kappa shape index (κ1) is 19.7. The van der Waals surface area contributed by atoms with E-state index < -0.39 is 17.7 Å². The predicted molar refractivity (Wildman–Crippen MR) is 109 cm³/mol. The zero-order valence-corrected chi connectivity index (χ0v) is 16.7. The van der Waals surface area contributed by atoms with Crippen LogP contribution in [0.4, 0.5) is 0 Å². The summed E-state index contributed by atoms with van der Waals surface area (Å²) in [6.45, 7) is 0.0747. The summed E-state index contributed by atoms with van der Waals surface area (Å²) in [6, 6.07) is 10.6. The van der Waals surface area contributed by atoms with Crippen LogP contribution in [0.3, 0.4) is 0 Å². The van der Waals surface area contributed by atoms with E-state index in [0.717, 1.165) is 0 Å². The monoisotopic (exact) mass is 424 g/mol. The maximum Gasteiger partial charge on any atom is 0.296 e. The van der Waals surface area contributed by atoms with Gasteiger partial charge in [0.1, 0.15) is 17.3 Å². The van der Waals surface area contributed by atoms with Crippen molar-refractivity contribution in [3.8, 4) is 5.75 Å². The third-order valence-electron chi connectivity index (χ3n) is 4.89. The number of ketones is 1. The van der Waals surface area contributed by atoms with Crippen LogP contribution in [0.5, 0.6) is 5.75 Å². The van der Waals surface area contributed by atoms with Gasteiger partial charge in [0.2, 0.25) is 0 Å². The van der Waals surface area contributed by atoms with Crippen molar-refractivity contribution in [2.75, 3.05) is 7.11 Å². The Kier molecular flexibility index (Phi) is 5.29. The fourth-order valence-corrected chi connectivity index (χ4v) is 3.66. The van der Waals surface area contributed by atoms with Gasteiger partial charge in [-0.3, -0.25) is 14.6 Å². The van der Waals surface area contributed by atoms with E-state index in [1.54, 1.807) is 48.8 Å². The summed E-state index contributed by atoms with van der Waals surface area (Å²) in [7, 11) is 1.45. The van der Waals surface area contributed by atoms with Gasteiger partial charge in [-0.1, -0.05) is 11.6 Å². The molecular weight excluding hydrogens is 408 g/mol. The van der Waals surface area contributed by atoms with Gasteiger partial charge in [-0.05, 0) is 48.0 Å². The van der Waals surface area contributed by atoms with Crippen LogP contribution in [-0.2, 0) is 16.1 Å². The number of aliphatic hydroxyl groups is 1. The number of hydrogen-bond acceptors (Lipinski definition) is 6. The SMILES string of the molecule is COc1cc(/C(O)=C2/C(=O)C(=O)N(Cc3ccco3)C2c2ccncc2)ccc1Cl. The van der Waals surface area contributed by atoms with E-state index in [4.69, 9.17) is 20.8 Å². The first-order valence-electron chi connectivity index (χ1n) is 9.06. The fraction of sp³-hybridized carbons (Fsp3) is 0.136. The van der Waals surface area contributed by atoms with Gasteiger partial charge in [-0.2, -0.15) is 0 Å². The number of aliphatic hydroxyl groups excluding tert-OH is 1. The summed E-state index contributed by atoms with van der Waals surface area (Å²) in [5.41, 5.74) is 0.923. The largest absolute Gasteiger partial charge is 0.507 e. The van der Waals surface area contributed by atoms with Crippen LogP contribution in [0.25, 0.3) is 5.76 Å². The van der Waals surface area contributed by atoms with Crippen LogP contribution in [0.15, 0.2) is 71.1 Å². The fourth-order valence-electron chi connectivity index (χ4n) is 3.47. The minimum absolute atomic E-state index is 0.0258. The Hall–Kier alpha value is -3.58. The maximum absolute atomic E-state index is 13.0. The quantitative estimate of drug-likeness (QED) is 0.378. The number of pyridine rings is 1. The van der Waals surface area contributed by atoms with Gasteiger partial charge in [0.05, 0.1) is 36.6 Å². The molecule has 7 nitrogen and oxygen atoms in total. The second-order valence-electron chi connectivity index (χ2n) is 6.64. The van der Waals surface area contributed by atoms with Gasteiger partial charge in [0.25, 0.3) is 11.7 Å². The molecule has 1 aliphatic heterocycles. The van der Waals surface area contributed by atoms with Crippen molar-refractivity contribution in [2.45, 2.75) is 12.6 Å². The Balaban J connectivity index is 1.87. The van der Waals surface area contributed by atoms with E-state index in [2.05, 4.69) is 4.98 Å². The summed E-state index contributed by atoms with van der Waals surface area (Å²) in [4.78, 5) is 31.2. The Morgan fingerprint density at radius 1 is 1.23 bits per heavy atom. The number of carbonyl (C=O) groups is 2. The number of benzene rings is 1. The molecule has 0 saturated carbocycles. The molecule has 1 saturated heterocycles. The van der Waals surface area contributed by atoms with Gasteiger partial charge >= 0.3 is 0 Å². The topological polar surface area (TPSA) is 92.9 Å². The minimum Gasteiger partial charge on any atom is -0.507 e. The molecule has 30 heavy (non-hydrogen) atoms. The number of hydrogen-bond donors (Lipinski definition) is 1. The first-order valence-corrected chi connectivity index (χ1v) is 9.43. The van der Waals surface area contributed by atoms with Crippen molar-refractivity contribution >= 4 is 29.1 Å². The highest BCUT2D eigenvalue weighted by Crippen LogP contribution is 2.41. The lowest BCUT2D eigenvalue weighted by Crippen LogP contribution is -2.29. The number of Topliss-reactive ketones (excluding diaryl/α,β-unsaturated/α-hetero) is 1. The Bertz CT molecular complexity index is 1130. The van der Waals surface area contributed by atoms with Crippen molar-refractivity contribution in [2.24, 2.45) is 0 Å². The third-order valence-corrected chi connectivity index (χ3v) is 5.20. The standard InChI is InChI=1S/C22H17ClN2O5/c1-29-17-11-14(4-5-16(17)23)20(26)18-19(13-6-8-24-9-7-13)25(22(28)21(18)27)12-15-3-2-10-30-15/h2-11,19,26H,12H2,1H3/b20-18-. The summed E-state index contributed by atoms with van der Waals surface area (Å²) in [6.07, 6.45) is 4.62. The molecule has 1 aromatic carbocycles. The average molecular weight is 425 g/mol. The normalized spacial score (nSPS) is 18.1. The van der Waals surface area contributed by atoms with Crippen molar-refractivity contribution in [3.05, 3.63) is 88.6 Å². The first-order chi connectivity index (χ1) is 14.5. The number of ether oxygens (including phenoxy) is 1. The van der Waals surface area contributed by atoms with Gasteiger partial charge in [-0.15, -0.1) is 0 Å². The van der Waals surface area contributed by atoms with Crippen molar-refractivity contribution in [1.29, 1.82) is 0 Å². The van der Waals surface area contributed by atoms with Crippen LogP contribution in [0.2, 0.25) is 5.02 Å². The van der Waals surface area contributed by atoms with Crippen LogP contribution in [0, 0.1) is 0 Å². The number of rotatable bonds is 5. The number of furan rings is 1. The van der Waals surface area contributed by atoms with E-state index in [-0.39, 0.29) is 17.9 Å². The van der Waals surface area contributed by atoms with Crippen molar-refractivity contribution < 1.29 is 23.8 Å². The molecule has 4 rings (SSSR count). The van der Waals surface area contributed by atoms with E-state index >= 15 is 0 Å². The second-order valence-corrected chi connectivity index (χ2v) is 7.04. The Morgan fingerprint density at radius 3 is 2.67 bits per heavy atom. The van der Waals surface area contributed by atoms with Gasteiger partial charge in [0, 0.05) is 18.0 Å². The van der Waals surface area contributed by atoms with Crippen LogP contribution < -0.4 is 4.74 Å². The molecule has 0 bridgehead atoms. The number of aromatic nitrogens is 1. The van der Waals surface area contributed by atoms with Crippen molar-refractivity contribution in [1.82, 2.24) is 9.88 Å². The molecule has 1 aliphatic rings. The molecular formula is C22H17ClN2O5. The molecule has 0 radical (unpaired) electrons. The lowest BCUT2D eigenvalue weighted by atomic mass is 9.96. The van der Waals surface area contributed by atoms with Crippen LogP contribution >= 0.6 is 11.6 Å². The molecule has 1 amide bonds. The van der Waals surface area contributed by atoms with E-state index in [1.807, 2.05) is 0 Å². The number of halogens is 1. The highest BCUT2D eigenvalue weighted by atomic mass is 35.5. The lowest BCUT2D eigenvalue weighted by molar-refractivity contribution is -0.140. The van der Waals surface area contributed by atoms with E-state index in [1.165, 1.54) is 24.3 Å². The van der Waals surface area contributed by atoms with Crippen LogP contribution in [0.1, 0.15) is 22.9 Å². The molecule has 3 heterocycles. The molecule has 0 spiro atoms. The summed E-state index contributed by atoms with van der Waals surface area (Å²) in [5.74, 6) is -0.965. The number of methoxy groups -OCH3 is 1. The average Bonchev–Trinajstić information content (AvgIpc) is 3.36. The number of nitrogens with zero attached hydrogens (tertiary/aromatic N) is 2. The van der Waals surface area contributed by atoms with Crippen LogP contribution in [-0.4, -0.2) is 33.8 Å². The van der Waals surface area contributed by atoms with E-state index in [9.17, 15) is 14.7 Å². The summed E-state index contributed by atoms with van der Waals surface area (Å²) >= 11 is 6.07. The maximum atomic E-state index is 13.0. The smallest absolute Gasteiger partial charge is 0.296 e.